The van der Waals surface area contributed by atoms with E-state index in [4.69, 9.17) is 44.1 Å². The van der Waals surface area contributed by atoms with Gasteiger partial charge in [-0.2, -0.15) is 4.98 Å². The summed E-state index contributed by atoms with van der Waals surface area (Å²) in [5.74, 6) is 1.29. The average Bonchev–Trinajstić information content (AvgIpc) is 2.76. The first-order valence-corrected chi connectivity index (χ1v) is 5.94. The Kier molecular flexibility index (Phi) is 4.10. The second kappa shape index (κ2) is 5.58. The Morgan fingerprint density at radius 3 is 2.53 bits per heavy atom. The summed E-state index contributed by atoms with van der Waals surface area (Å²) in [4.78, 5) is 3.98. The van der Waals surface area contributed by atoms with Crippen LogP contribution in [0.2, 0.25) is 10.0 Å². The summed E-state index contributed by atoms with van der Waals surface area (Å²) < 4.78 is 10.2. The highest BCUT2D eigenvalue weighted by Gasteiger charge is 2.10. The van der Waals surface area contributed by atoms with Crippen LogP contribution in [0.3, 0.4) is 0 Å². The molecule has 0 spiro atoms. The molecule has 0 fully saturated rings. The van der Waals surface area contributed by atoms with Crippen LogP contribution in [-0.2, 0) is 12.5 Å². The second-order valence-electron chi connectivity index (χ2n) is 3.08. The fourth-order valence-electron chi connectivity index (χ4n) is 1.16. The van der Waals surface area contributed by atoms with E-state index in [9.17, 15) is 0 Å². The molecule has 0 saturated carbocycles. The Hall–Kier alpha value is -0.970. The van der Waals surface area contributed by atoms with Gasteiger partial charge in [0.15, 0.2) is 12.4 Å². The van der Waals surface area contributed by atoms with Gasteiger partial charge in [0.1, 0.15) is 5.88 Å². The van der Waals surface area contributed by atoms with Crippen molar-refractivity contribution in [2.75, 3.05) is 0 Å². The van der Waals surface area contributed by atoms with E-state index in [0.717, 1.165) is 0 Å². The Morgan fingerprint density at radius 1 is 1.24 bits per heavy atom. The van der Waals surface area contributed by atoms with Gasteiger partial charge in [-0.05, 0) is 12.1 Å². The molecule has 0 unspecified atom stereocenters. The summed E-state index contributed by atoms with van der Waals surface area (Å²) in [6.07, 6.45) is 0. The third kappa shape index (κ3) is 3.03. The average molecular weight is 294 g/mol. The van der Waals surface area contributed by atoms with E-state index in [0.29, 0.717) is 27.5 Å². The zero-order chi connectivity index (χ0) is 12.3. The predicted octanol–water partition coefficient (Wildman–Crippen LogP) is 3.69. The smallest absolute Gasteiger partial charge is 0.241 e. The number of nitrogens with zero attached hydrogens (tertiary/aromatic N) is 2. The molecule has 17 heavy (non-hydrogen) atoms. The molecule has 1 heterocycles. The van der Waals surface area contributed by atoms with Crippen molar-refractivity contribution in [1.82, 2.24) is 10.1 Å². The lowest BCUT2D eigenvalue weighted by Gasteiger charge is -2.06. The van der Waals surface area contributed by atoms with Crippen molar-refractivity contribution in [3.8, 4) is 5.75 Å². The number of hydrogen-bond acceptors (Lipinski definition) is 4. The molecule has 0 amide bonds. The summed E-state index contributed by atoms with van der Waals surface area (Å²) in [5.41, 5.74) is 0. The minimum atomic E-state index is 0.115. The van der Waals surface area contributed by atoms with Crippen molar-refractivity contribution < 1.29 is 9.26 Å². The van der Waals surface area contributed by atoms with Gasteiger partial charge in [-0.25, -0.2) is 0 Å². The van der Waals surface area contributed by atoms with E-state index in [-0.39, 0.29) is 12.5 Å². The predicted molar refractivity (Wildman–Crippen MR) is 64.6 cm³/mol. The van der Waals surface area contributed by atoms with E-state index >= 15 is 0 Å². The fourth-order valence-corrected chi connectivity index (χ4v) is 1.78. The molecule has 0 aliphatic carbocycles. The number of ether oxygens (including phenoxy) is 1. The number of para-hydroxylation sites is 1. The summed E-state index contributed by atoms with van der Waals surface area (Å²) in [5, 5.41) is 4.54. The van der Waals surface area contributed by atoms with E-state index < -0.39 is 0 Å². The Balaban J connectivity index is 2.07. The fraction of sp³-hybridized carbons (Fsp3) is 0.200. The van der Waals surface area contributed by atoms with Crippen LogP contribution in [0.4, 0.5) is 0 Å². The topological polar surface area (TPSA) is 48.2 Å². The Morgan fingerprint density at radius 2 is 1.94 bits per heavy atom. The lowest BCUT2D eigenvalue weighted by molar-refractivity contribution is 0.286. The number of hydrogen-bond donors (Lipinski definition) is 0. The van der Waals surface area contributed by atoms with E-state index in [1.165, 1.54) is 0 Å². The first-order chi connectivity index (χ1) is 8.20. The van der Waals surface area contributed by atoms with Crippen LogP contribution >= 0.6 is 34.8 Å². The van der Waals surface area contributed by atoms with E-state index in [2.05, 4.69) is 10.1 Å². The number of rotatable bonds is 4. The molecule has 7 heteroatoms. The van der Waals surface area contributed by atoms with Gasteiger partial charge in [-0.3, -0.25) is 0 Å². The number of halogens is 3. The third-order valence-electron chi connectivity index (χ3n) is 1.89. The molecule has 0 radical (unpaired) electrons. The van der Waals surface area contributed by atoms with Crippen molar-refractivity contribution in [2.45, 2.75) is 12.5 Å². The summed E-state index contributed by atoms with van der Waals surface area (Å²) in [7, 11) is 0. The molecule has 0 saturated heterocycles. The largest absolute Gasteiger partial charge is 0.482 e. The molecule has 0 atom stereocenters. The van der Waals surface area contributed by atoms with Gasteiger partial charge < -0.3 is 9.26 Å². The molecule has 2 aromatic rings. The van der Waals surface area contributed by atoms with Crippen molar-refractivity contribution >= 4 is 34.8 Å². The molecule has 0 bridgehead atoms. The molecule has 4 nitrogen and oxygen atoms in total. The molecular weight excluding hydrogens is 286 g/mol. The highest BCUT2D eigenvalue weighted by molar-refractivity contribution is 6.37. The first-order valence-electron chi connectivity index (χ1n) is 4.65. The first kappa shape index (κ1) is 12.5. The van der Waals surface area contributed by atoms with Crippen LogP contribution < -0.4 is 4.74 Å². The summed E-state index contributed by atoms with van der Waals surface area (Å²) in [6, 6.07) is 5.10. The van der Waals surface area contributed by atoms with Crippen molar-refractivity contribution in [2.24, 2.45) is 0 Å². The molecular formula is C10H7Cl3N2O2. The lowest BCUT2D eigenvalue weighted by atomic mass is 10.3. The molecule has 1 aromatic carbocycles. The van der Waals surface area contributed by atoms with E-state index in [1.54, 1.807) is 18.2 Å². The maximum Gasteiger partial charge on any atom is 0.241 e. The minimum absolute atomic E-state index is 0.115. The van der Waals surface area contributed by atoms with Gasteiger partial charge >= 0.3 is 0 Å². The molecule has 2 rings (SSSR count). The molecule has 90 valence electrons. The SMILES string of the molecule is ClCc1nc(COc2c(Cl)cccc2Cl)no1. The molecule has 1 aromatic heterocycles. The number of benzene rings is 1. The minimum Gasteiger partial charge on any atom is -0.482 e. The maximum absolute atomic E-state index is 5.93. The van der Waals surface area contributed by atoms with Crippen LogP contribution in [0.1, 0.15) is 11.7 Å². The van der Waals surface area contributed by atoms with Gasteiger partial charge in [-0.15, -0.1) is 11.6 Å². The van der Waals surface area contributed by atoms with Crippen LogP contribution in [0.25, 0.3) is 0 Å². The van der Waals surface area contributed by atoms with Gasteiger partial charge in [0.25, 0.3) is 0 Å². The zero-order valence-corrected chi connectivity index (χ0v) is 10.8. The van der Waals surface area contributed by atoms with Crippen LogP contribution in [0.15, 0.2) is 22.7 Å². The van der Waals surface area contributed by atoms with Crippen LogP contribution in [0, 0.1) is 0 Å². The Labute approximate surface area is 112 Å². The molecule has 0 aliphatic heterocycles. The van der Waals surface area contributed by atoms with Gasteiger partial charge in [-0.1, -0.05) is 34.4 Å². The summed E-state index contributed by atoms with van der Waals surface area (Å²) >= 11 is 17.4. The zero-order valence-electron chi connectivity index (χ0n) is 8.49. The van der Waals surface area contributed by atoms with Crippen molar-refractivity contribution in [3.05, 3.63) is 40.0 Å². The molecule has 0 N–H and O–H groups in total. The number of alkyl halides is 1. The van der Waals surface area contributed by atoms with Crippen LogP contribution in [-0.4, -0.2) is 10.1 Å². The third-order valence-corrected chi connectivity index (χ3v) is 2.71. The van der Waals surface area contributed by atoms with E-state index in [1.807, 2.05) is 0 Å². The van der Waals surface area contributed by atoms with Gasteiger partial charge in [0, 0.05) is 0 Å². The second-order valence-corrected chi connectivity index (χ2v) is 4.16. The standard InChI is InChI=1S/C10H7Cl3N2O2/c11-4-9-14-8(15-17-9)5-16-10-6(12)2-1-3-7(10)13/h1-3H,4-5H2. The Bertz CT molecular complexity index is 496. The summed E-state index contributed by atoms with van der Waals surface area (Å²) in [6.45, 7) is 0.115. The highest BCUT2D eigenvalue weighted by Crippen LogP contribution is 2.32. The van der Waals surface area contributed by atoms with Crippen molar-refractivity contribution in [3.63, 3.8) is 0 Å². The normalized spacial score (nSPS) is 10.5. The van der Waals surface area contributed by atoms with Gasteiger partial charge in [0.05, 0.1) is 10.0 Å². The number of aromatic nitrogens is 2. The van der Waals surface area contributed by atoms with Crippen molar-refractivity contribution in [1.29, 1.82) is 0 Å². The van der Waals surface area contributed by atoms with Crippen LogP contribution in [0.5, 0.6) is 5.75 Å². The lowest BCUT2D eigenvalue weighted by Crippen LogP contribution is -1.98. The maximum atomic E-state index is 5.93. The van der Waals surface area contributed by atoms with Gasteiger partial charge in [0.2, 0.25) is 11.7 Å². The molecule has 0 aliphatic rings. The quantitative estimate of drug-likeness (QED) is 0.807. The monoisotopic (exact) mass is 292 g/mol. The highest BCUT2D eigenvalue weighted by atomic mass is 35.5.